The van der Waals surface area contributed by atoms with Gasteiger partial charge in [0.2, 0.25) is 11.8 Å². The van der Waals surface area contributed by atoms with Gasteiger partial charge in [0, 0.05) is 39.0 Å². The third-order valence-corrected chi connectivity index (χ3v) is 8.04. The van der Waals surface area contributed by atoms with Crippen molar-refractivity contribution in [2.45, 2.75) is 69.8 Å². The average Bonchev–Trinajstić information content (AvgIpc) is 2.81. The number of nitrogens with zero attached hydrogens (tertiary/aromatic N) is 1. The molecule has 1 fully saturated rings. The first-order valence-corrected chi connectivity index (χ1v) is 14.0. The number of hydrogen-bond acceptors (Lipinski definition) is 3. The van der Waals surface area contributed by atoms with Gasteiger partial charge in [-0.05, 0) is 49.1 Å². The quantitative estimate of drug-likeness (QED) is 0.348. The van der Waals surface area contributed by atoms with E-state index in [0.29, 0.717) is 32.8 Å². The van der Waals surface area contributed by atoms with E-state index in [0.717, 1.165) is 31.2 Å². The van der Waals surface area contributed by atoms with Crippen molar-refractivity contribution in [2.24, 2.45) is 0 Å². The molecule has 0 radical (unpaired) electrons. The fourth-order valence-electron chi connectivity index (χ4n) is 4.28. The molecule has 2 amide bonds. The zero-order valence-corrected chi connectivity index (χ0v) is 22.5. The molecule has 4 nitrogen and oxygen atoms in total. The van der Waals surface area contributed by atoms with E-state index in [-0.39, 0.29) is 30.2 Å². The van der Waals surface area contributed by atoms with Crippen molar-refractivity contribution in [1.82, 2.24) is 10.2 Å². The zero-order chi connectivity index (χ0) is 24.5. The fraction of sp³-hybridized carbons (Fsp3) is 0.462. The van der Waals surface area contributed by atoms with Gasteiger partial charge in [-0.2, -0.15) is 0 Å². The summed E-state index contributed by atoms with van der Waals surface area (Å²) in [6, 6.07) is 12.5. The Hall–Kier alpha value is -1.40. The van der Waals surface area contributed by atoms with Crippen molar-refractivity contribution >= 4 is 58.4 Å². The summed E-state index contributed by atoms with van der Waals surface area (Å²) in [6.07, 6.45) is 5.94. The lowest BCUT2D eigenvalue weighted by Crippen LogP contribution is -2.52. The third-order valence-electron chi connectivity index (χ3n) is 6.11. The van der Waals surface area contributed by atoms with Crippen LogP contribution in [-0.4, -0.2) is 34.6 Å². The largest absolute Gasteiger partial charge is 0.352 e. The Bertz CT molecular complexity index is 962. The van der Waals surface area contributed by atoms with Gasteiger partial charge in [0.1, 0.15) is 6.04 Å². The third kappa shape index (κ3) is 7.81. The highest BCUT2D eigenvalue weighted by Crippen LogP contribution is 2.28. The summed E-state index contributed by atoms with van der Waals surface area (Å²) in [5, 5.41) is 4.83. The molecule has 8 heteroatoms. The van der Waals surface area contributed by atoms with Crippen molar-refractivity contribution in [2.75, 3.05) is 5.75 Å². The van der Waals surface area contributed by atoms with Crippen LogP contribution in [-0.2, 0) is 21.9 Å². The summed E-state index contributed by atoms with van der Waals surface area (Å²) in [5.41, 5.74) is 1.70. The number of hydrogen-bond donors (Lipinski definition) is 1. The van der Waals surface area contributed by atoms with Crippen LogP contribution in [0.2, 0.25) is 15.1 Å². The minimum absolute atomic E-state index is 0.106. The number of carbonyl (C=O) groups is 2. The first-order chi connectivity index (χ1) is 16.4. The van der Waals surface area contributed by atoms with Gasteiger partial charge in [0.15, 0.2) is 0 Å². The van der Waals surface area contributed by atoms with Crippen LogP contribution < -0.4 is 5.32 Å². The predicted octanol–water partition coefficient (Wildman–Crippen LogP) is 7.14. The van der Waals surface area contributed by atoms with E-state index in [2.05, 4.69) is 5.32 Å². The molecular formula is C26H31Cl3N2O2S. The molecule has 1 saturated carbocycles. The second-order valence-corrected chi connectivity index (χ2v) is 10.8. The minimum atomic E-state index is -0.589. The SMILES string of the molecule is CC[C@@H](C(=O)NC1CCCCC1)N(Cc1c(Cl)cccc1Cl)C(=O)CSCc1cccc(Cl)c1. The molecule has 184 valence electrons. The van der Waals surface area contributed by atoms with Gasteiger partial charge in [-0.25, -0.2) is 0 Å². The van der Waals surface area contributed by atoms with Crippen LogP contribution in [0.1, 0.15) is 56.6 Å². The first kappa shape index (κ1) is 27.2. The smallest absolute Gasteiger partial charge is 0.243 e. The molecule has 0 saturated heterocycles. The minimum Gasteiger partial charge on any atom is -0.352 e. The first-order valence-electron chi connectivity index (χ1n) is 11.7. The molecule has 0 bridgehead atoms. The van der Waals surface area contributed by atoms with E-state index in [4.69, 9.17) is 34.8 Å². The Labute approximate surface area is 221 Å². The Kier molecular flexibility index (Phi) is 10.9. The standard InChI is InChI=1S/C26H31Cl3N2O2S/c1-2-24(26(33)30-20-10-4-3-5-11-20)31(15-21-22(28)12-7-13-23(21)29)25(32)17-34-16-18-8-6-9-19(27)14-18/h6-9,12-14,20,24H,2-5,10-11,15-17H2,1H3,(H,30,33)/t24-/m0/s1. The molecule has 2 aromatic carbocycles. The summed E-state index contributed by atoms with van der Waals surface area (Å²) >= 11 is 20.4. The molecule has 0 unspecified atom stereocenters. The highest BCUT2D eigenvalue weighted by molar-refractivity contribution is 7.99. The van der Waals surface area contributed by atoms with Gasteiger partial charge >= 0.3 is 0 Å². The van der Waals surface area contributed by atoms with Crippen molar-refractivity contribution in [3.8, 4) is 0 Å². The number of halogens is 3. The lowest BCUT2D eigenvalue weighted by molar-refractivity contribution is -0.139. The molecule has 3 rings (SSSR count). The van der Waals surface area contributed by atoms with Crippen LogP contribution in [0.3, 0.4) is 0 Å². The molecule has 0 heterocycles. The number of rotatable bonds is 10. The number of nitrogens with one attached hydrogen (secondary N) is 1. The van der Waals surface area contributed by atoms with Gasteiger partial charge in [-0.3, -0.25) is 9.59 Å². The van der Waals surface area contributed by atoms with Gasteiger partial charge in [-0.15, -0.1) is 11.8 Å². The van der Waals surface area contributed by atoms with E-state index in [1.54, 1.807) is 23.1 Å². The average molecular weight is 542 g/mol. The van der Waals surface area contributed by atoms with Crippen LogP contribution in [0.4, 0.5) is 0 Å². The summed E-state index contributed by atoms with van der Waals surface area (Å²) in [5.74, 6) is 0.666. The highest BCUT2D eigenvalue weighted by atomic mass is 35.5. The maximum Gasteiger partial charge on any atom is 0.243 e. The van der Waals surface area contributed by atoms with Gasteiger partial charge < -0.3 is 10.2 Å². The van der Waals surface area contributed by atoms with E-state index >= 15 is 0 Å². The molecule has 1 atom stereocenters. The number of benzene rings is 2. The van der Waals surface area contributed by atoms with Crippen molar-refractivity contribution in [3.05, 3.63) is 68.7 Å². The molecule has 0 spiro atoms. The molecule has 1 aliphatic carbocycles. The Morgan fingerprint density at radius 2 is 1.74 bits per heavy atom. The van der Waals surface area contributed by atoms with Crippen LogP contribution in [0.15, 0.2) is 42.5 Å². The summed E-state index contributed by atoms with van der Waals surface area (Å²) in [4.78, 5) is 28.4. The van der Waals surface area contributed by atoms with Crippen LogP contribution in [0.5, 0.6) is 0 Å². The normalized spacial score (nSPS) is 15.1. The van der Waals surface area contributed by atoms with E-state index in [9.17, 15) is 9.59 Å². The molecule has 34 heavy (non-hydrogen) atoms. The second kappa shape index (κ2) is 13.6. The topological polar surface area (TPSA) is 49.4 Å². The maximum absolute atomic E-state index is 13.4. The Morgan fingerprint density at radius 1 is 1.06 bits per heavy atom. The van der Waals surface area contributed by atoms with Gasteiger partial charge in [-0.1, -0.05) is 79.2 Å². The summed E-state index contributed by atoms with van der Waals surface area (Å²) in [7, 11) is 0. The number of carbonyl (C=O) groups excluding carboxylic acids is 2. The van der Waals surface area contributed by atoms with Crippen molar-refractivity contribution in [1.29, 1.82) is 0 Å². The predicted molar refractivity (Wildman–Crippen MR) is 144 cm³/mol. The van der Waals surface area contributed by atoms with Gasteiger partial charge in [0.25, 0.3) is 0 Å². The van der Waals surface area contributed by atoms with Crippen LogP contribution in [0, 0.1) is 0 Å². The molecule has 1 N–H and O–H groups in total. The lowest BCUT2D eigenvalue weighted by Gasteiger charge is -2.33. The maximum atomic E-state index is 13.4. The number of amides is 2. The van der Waals surface area contributed by atoms with Gasteiger partial charge in [0.05, 0.1) is 5.75 Å². The fourth-order valence-corrected chi connectivity index (χ4v) is 5.87. The van der Waals surface area contributed by atoms with Crippen molar-refractivity contribution in [3.63, 3.8) is 0 Å². The molecular weight excluding hydrogens is 511 g/mol. The summed E-state index contributed by atoms with van der Waals surface area (Å²) in [6.45, 7) is 2.12. The monoisotopic (exact) mass is 540 g/mol. The zero-order valence-electron chi connectivity index (χ0n) is 19.4. The Balaban J connectivity index is 1.75. The number of thioether (sulfide) groups is 1. The highest BCUT2D eigenvalue weighted by Gasteiger charge is 2.31. The Morgan fingerprint density at radius 3 is 2.38 bits per heavy atom. The molecule has 0 aliphatic heterocycles. The van der Waals surface area contributed by atoms with E-state index in [1.165, 1.54) is 18.2 Å². The summed E-state index contributed by atoms with van der Waals surface area (Å²) < 4.78 is 0. The molecule has 1 aliphatic rings. The lowest BCUT2D eigenvalue weighted by atomic mass is 9.95. The van der Waals surface area contributed by atoms with Crippen molar-refractivity contribution < 1.29 is 9.59 Å². The van der Waals surface area contributed by atoms with Crippen LogP contribution in [0.25, 0.3) is 0 Å². The second-order valence-electron chi connectivity index (χ2n) is 8.61. The van der Waals surface area contributed by atoms with E-state index in [1.807, 2.05) is 31.2 Å². The molecule has 0 aromatic heterocycles. The van der Waals surface area contributed by atoms with E-state index < -0.39 is 6.04 Å². The van der Waals surface area contributed by atoms with Crippen LogP contribution >= 0.6 is 46.6 Å². The molecule has 2 aromatic rings.